The summed E-state index contributed by atoms with van der Waals surface area (Å²) in [5.74, 6) is 2.86. The number of fused-ring (bicyclic) bond motifs is 1. The molecule has 0 saturated carbocycles. The van der Waals surface area contributed by atoms with E-state index in [9.17, 15) is 0 Å². The van der Waals surface area contributed by atoms with Crippen LogP contribution >= 0.6 is 11.6 Å². The Kier molecular flexibility index (Phi) is 6.69. The summed E-state index contributed by atoms with van der Waals surface area (Å²) >= 11 is 6.43. The van der Waals surface area contributed by atoms with E-state index < -0.39 is 0 Å². The summed E-state index contributed by atoms with van der Waals surface area (Å²) in [6.45, 7) is 5.89. The van der Waals surface area contributed by atoms with Crippen LogP contribution in [0.3, 0.4) is 0 Å². The molecule has 0 aromatic heterocycles. The molecule has 1 heterocycles. The van der Waals surface area contributed by atoms with E-state index in [4.69, 9.17) is 30.5 Å². The minimum Gasteiger partial charge on any atom is -0.493 e. The fraction of sp³-hybridized carbons (Fsp3) is 0.429. The van der Waals surface area contributed by atoms with Gasteiger partial charge in [0.25, 0.3) is 0 Å². The lowest BCUT2D eigenvalue weighted by atomic mass is 10.1. The molecule has 0 bridgehead atoms. The zero-order valence-electron chi connectivity index (χ0n) is 16.1. The third kappa shape index (κ3) is 4.79. The fourth-order valence-electron chi connectivity index (χ4n) is 3.15. The smallest absolute Gasteiger partial charge is 0.179 e. The van der Waals surface area contributed by atoms with Crippen LogP contribution in [0.2, 0.25) is 5.02 Å². The van der Waals surface area contributed by atoms with Crippen molar-refractivity contribution in [1.29, 1.82) is 0 Å². The van der Waals surface area contributed by atoms with Crippen molar-refractivity contribution < 1.29 is 18.9 Å². The Morgan fingerprint density at radius 3 is 2.44 bits per heavy atom. The molecule has 5 nitrogen and oxygen atoms in total. The molecule has 0 N–H and O–H groups in total. The molecule has 6 heteroatoms. The molecule has 1 aliphatic rings. The monoisotopic (exact) mass is 391 g/mol. The second-order valence-electron chi connectivity index (χ2n) is 6.45. The van der Waals surface area contributed by atoms with Crippen molar-refractivity contribution in [3.8, 4) is 23.0 Å². The van der Waals surface area contributed by atoms with E-state index >= 15 is 0 Å². The first-order valence-corrected chi connectivity index (χ1v) is 9.53. The molecule has 3 rings (SSSR count). The maximum atomic E-state index is 6.43. The van der Waals surface area contributed by atoms with E-state index in [0.717, 1.165) is 54.4 Å². The van der Waals surface area contributed by atoms with Crippen molar-refractivity contribution >= 4 is 11.6 Å². The lowest BCUT2D eigenvalue weighted by molar-refractivity contribution is 0.269. The topological polar surface area (TPSA) is 40.2 Å². The van der Waals surface area contributed by atoms with Crippen molar-refractivity contribution in [2.75, 3.05) is 34.0 Å². The van der Waals surface area contributed by atoms with Gasteiger partial charge in [-0.3, -0.25) is 4.90 Å². The minimum absolute atomic E-state index is 0.603. The van der Waals surface area contributed by atoms with E-state index in [1.807, 2.05) is 24.3 Å². The van der Waals surface area contributed by atoms with Crippen molar-refractivity contribution in [1.82, 2.24) is 4.90 Å². The molecular formula is C21H26ClNO4. The Hall–Kier alpha value is -2.11. The molecule has 1 aliphatic heterocycles. The molecule has 146 valence electrons. The minimum atomic E-state index is 0.603. The Bertz CT molecular complexity index is 781. The van der Waals surface area contributed by atoms with E-state index in [1.54, 1.807) is 14.2 Å². The third-order valence-electron chi connectivity index (χ3n) is 4.57. The molecule has 0 fully saturated rings. The van der Waals surface area contributed by atoms with E-state index in [0.29, 0.717) is 24.0 Å². The maximum absolute atomic E-state index is 6.43. The number of halogens is 1. The summed E-state index contributed by atoms with van der Waals surface area (Å²) in [4.78, 5) is 2.33. The van der Waals surface area contributed by atoms with Crippen LogP contribution in [0.15, 0.2) is 30.3 Å². The predicted molar refractivity (Wildman–Crippen MR) is 106 cm³/mol. The highest BCUT2D eigenvalue weighted by Crippen LogP contribution is 2.38. The van der Waals surface area contributed by atoms with Gasteiger partial charge in [0.1, 0.15) is 0 Å². The SMILES string of the molecule is CCN(Cc1ccc(OC)c(OC)c1)Cc1cc(Cl)c2c(c1)OCCCO2. The van der Waals surface area contributed by atoms with Gasteiger partial charge in [-0.15, -0.1) is 0 Å². The summed E-state index contributed by atoms with van der Waals surface area (Å²) in [5.41, 5.74) is 2.27. The molecule has 27 heavy (non-hydrogen) atoms. The summed E-state index contributed by atoms with van der Waals surface area (Å²) < 4.78 is 22.2. The molecule has 2 aromatic rings. The van der Waals surface area contributed by atoms with Crippen LogP contribution in [0.5, 0.6) is 23.0 Å². The Balaban J connectivity index is 1.75. The van der Waals surface area contributed by atoms with Gasteiger partial charge in [0.05, 0.1) is 32.5 Å². The molecule has 0 radical (unpaired) electrons. The van der Waals surface area contributed by atoms with Gasteiger partial charge < -0.3 is 18.9 Å². The fourth-order valence-corrected chi connectivity index (χ4v) is 3.44. The molecular weight excluding hydrogens is 366 g/mol. The first kappa shape index (κ1) is 19.6. The molecule has 0 amide bonds. The van der Waals surface area contributed by atoms with Crippen molar-refractivity contribution in [2.24, 2.45) is 0 Å². The Morgan fingerprint density at radius 2 is 1.70 bits per heavy atom. The highest BCUT2D eigenvalue weighted by Gasteiger charge is 2.17. The van der Waals surface area contributed by atoms with E-state index in [2.05, 4.69) is 17.9 Å². The van der Waals surface area contributed by atoms with Crippen molar-refractivity contribution in [3.05, 3.63) is 46.5 Å². The number of methoxy groups -OCH3 is 2. The van der Waals surface area contributed by atoms with Gasteiger partial charge in [0, 0.05) is 19.5 Å². The first-order chi connectivity index (χ1) is 13.1. The van der Waals surface area contributed by atoms with Crippen LogP contribution in [-0.2, 0) is 13.1 Å². The molecule has 0 atom stereocenters. The van der Waals surface area contributed by atoms with Gasteiger partial charge in [-0.25, -0.2) is 0 Å². The van der Waals surface area contributed by atoms with Crippen LogP contribution in [0.25, 0.3) is 0 Å². The van der Waals surface area contributed by atoms with Crippen LogP contribution in [0.4, 0.5) is 0 Å². The normalized spacial score (nSPS) is 13.4. The number of hydrogen-bond acceptors (Lipinski definition) is 5. The number of nitrogens with zero attached hydrogens (tertiary/aromatic N) is 1. The lowest BCUT2D eigenvalue weighted by Crippen LogP contribution is -2.22. The van der Waals surface area contributed by atoms with Crippen molar-refractivity contribution in [3.63, 3.8) is 0 Å². The van der Waals surface area contributed by atoms with Crippen LogP contribution < -0.4 is 18.9 Å². The number of ether oxygens (including phenoxy) is 4. The maximum Gasteiger partial charge on any atom is 0.179 e. The van der Waals surface area contributed by atoms with Gasteiger partial charge in [-0.2, -0.15) is 0 Å². The van der Waals surface area contributed by atoms with Gasteiger partial charge in [-0.1, -0.05) is 24.6 Å². The average Bonchev–Trinajstić information content (AvgIpc) is 2.93. The zero-order valence-corrected chi connectivity index (χ0v) is 16.8. The summed E-state index contributed by atoms with van der Waals surface area (Å²) in [5, 5.41) is 0.603. The molecule has 2 aromatic carbocycles. The molecule has 0 spiro atoms. The second kappa shape index (κ2) is 9.20. The first-order valence-electron chi connectivity index (χ1n) is 9.15. The summed E-state index contributed by atoms with van der Waals surface area (Å²) in [7, 11) is 3.29. The zero-order chi connectivity index (χ0) is 19.2. The summed E-state index contributed by atoms with van der Waals surface area (Å²) in [6, 6.07) is 10.0. The van der Waals surface area contributed by atoms with Gasteiger partial charge in [0.2, 0.25) is 0 Å². The summed E-state index contributed by atoms with van der Waals surface area (Å²) in [6.07, 6.45) is 0.862. The van der Waals surface area contributed by atoms with E-state index in [1.165, 1.54) is 0 Å². The molecule has 0 aliphatic carbocycles. The Morgan fingerprint density at radius 1 is 0.963 bits per heavy atom. The number of hydrogen-bond donors (Lipinski definition) is 0. The van der Waals surface area contributed by atoms with Gasteiger partial charge >= 0.3 is 0 Å². The van der Waals surface area contributed by atoms with E-state index in [-0.39, 0.29) is 0 Å². The van der Waals surface area contributed by atoms with Gasteiger partial charge in [-0.05, 0) is 41.9 Å². The number of benzene rings is 2. The van der Waals surface area contributed by atoms with Crippen molar-refractivity contribution in [2.45, 2.75) is 26.4 Å². The standard InChI is InChI=1S/C21H26ClNO4/c1-4-23(13-15-6-7-18(24-2)19(11-15)25-3)14-16-10-17(22)21-20(12-16)26-8-5-9-27-21/h6-7,10-12H,4-5,8-9,13-14H2,1-3H3. The highest BCUT2D eigenvalue weighted by molar-refractivity contribution is 6.32. The number of rotatable bonds is 7. The highest BCUT2D eigenvalue weighted by atomic mass is 35.5. The quantitative estimate of drug-likeness (QED) is 0.693. The Labute approximate surface area is 165 Å². The van der Waals surface area contributed by atoms with Crippen LogP contribution in [-0.4, -0.2) is 38.9 Å². The largest absolute Gasteiger partial charge is 0.493 e. The van der Waals surface area contributed by atoms with Gasteiger partial charge in [0.15, 0.2) is 23.0 Å². The molecule has 0 saturated heterocycles. The predicted octanol–water partition coefficient (Wildman–Crippen LogP) is 4.54. The average molecular weight is 392 g/mol. The molecule has 0 unspecified atom stereocenters. The van der Waals surface area contributed by atoms with Crippen LogP contribution in [0.1, 0.15) is 24.5 Å². The third-order valence-corrected chi connectivity index (χ3v) is 4.85. The lowest BCUT2D eigenvalue weighted by Gasteiger charge is -2.22. The second-order valence-corrected chi connectivity index (χ2v) is 6.86. The van der Waals surface area contributed by atoms with Crippen LogP contribution in [0, 0.1) is 0 Å².